The average Bonchev–Trinajstić information content (AvgIpc) is 2.48. The van der Waals surface area contributed by atoms with Gasteiger partial charge in [0.05, 0.1) is 0 Å². The molecule has 0 bridgehead atoms. The lowest BCUT2D eigenvalue weighted by Crippen LogP contribution is -2.53. The highest BCUT2D eigenvalue weighted by molar-refractivity contribution is 7.86. The van der Waals surface area contributed by atoms with E-state index in [-0.39, 0.29) is 0 Å². The van der Waals surface area contributed by atoms with Crippen molar-refractivity contribution in [2.75, 3.05) is 27.2 Å². The van der Waals surface area contributed by atoms with Crippen LogP contribution in [-0.4, -0.2) is 49.8 Å². The van der Waals surface area contributed by atoms with E-state index in [1.807, 2.05) is 6.92 Å². The number of hydrogen-bond donors (Lipinski definition) is 1. The fourth-order valence-electron chi connectivity index (χ4n) is 1.79. The van der Waals surface area contributed by atoms with E-state index < -0.39 is 15.7 Å². The molecular formula is C8H19N3O2S. The van der Waals surface area contributed by atoms with Gasteiger partial charge in [0.15, 0.2) is 0 Å². The molecule has 5 nitrogen and oxygen atoms in total. The van der Waals surface area contributed by atoms with Gasteiger partial charge in [0.1, 0.15) is 0 Å². The maximum absolute atomic E-state index is 11.9. The molecule has 2 N–H and O–H groups in total. The second-order valence-electron chi connectivity index (χ2n) is 4.17. The molecule has 1 heterocycles. The fraction of sp³-hybridized carbons (Fsp3) is 1.00. The van der Waals surface area contributed by atoms with Gasteiger partial charge in [-0.05, 0) is 19.8 Å². The van der Waals surface area contributed by atoms with Crippen LogP contribution in [0.3, 0.4) is 0 Å². The van der Waals surface area contributed by atoms with Crippen molar-refractivity contribution in [3.63, 3.8) is 0 Å². The number of hydrogen-bond acceptors (Lipinski definition) is 3. The summed E-state index contributed by atoms with van der Waals surface area (Å²) < 4.78 is 26.6. The van der Waals surface area contributed by atoms with Crippen molar-refractivity contribution in [2.24, 2.45) is 5.73 Å². The Hall–Kier alpha value is -0.170. The number of nitrogens with two attached hydrogens (primary N) is 1. The van der Waals surface area contributed by atoms with Crippen molar-refractivity contribution in [3.05, 3.63) is 0 Å². The molecule has 1 aliphatic rings. The molecule has 1 atom stereocenters. The summed E-state index contributed by atoms with van der Waals surface area (Å²) in [6.45, 7) is 2.86. The standard InChI is InChI=1S/C8H19N3O2S/c1-8(7-9)5-4-6-11(8)14(12,13)10(2)3/h4-7,9H2,1-3H3. The lowest BCUT2D eigenvalue weighted by Gasteiger charge is -2.34. The van der Waals surface area contributed by atoms with Gasteiger partial charge in [-0.1, -0.05) is 0 Å². The third-order valence-corrected chi connectivity index (χ3v) is 4.96. The van der Waals surface area contributed by atoms with Crippen LogP contribution >= 0.6 is 0 Å². The smallest absolute Gasteiger partial charge is 0.282 e. The van der Waals surface area contributed by atoms with E-state index >= 15 is 0 Å². The highest BCUT2D eigenvalue weighted by Crippen LogP contribution is 2.31. The monoisotopic (exact) mass is 221 g/mol. The summed E-state index contributed by atoms with van der Waals surface area (Å²) in [5.41, 5.74) is 5.23. The van der Waals surface area contributed by atoms with Gasteiger partial charge in [0.25, 0.3) is 10.2 Å². The summed E-state index contributed by atoms with van der Waals surface area (Å²) in [4.78, 5) is 0. The minimum atomic E-state index is -3.31. The van der Waals surface area contributed by atoms with Crippen molar-refractivity contribution >= 4 is 10.2 Å². The van der Waals surface area contributed by atoms with Crippen molar-refractivity contribution in [3.8, 4) is 0 Å². The van der Waals surface area contributed by atoms with Crippen LogP contribution in [0.2, 0.25) is 0 Å². The number of rotatable bonds is 3. The van der Waals surface area contributed by atoms with E-state index in [9.17, 15) is 8.42 Å². The molecule has 0 aromatic heterocycles. The average molecular weight is 221 g/mol. The van der Waals surface area contributed by atoms with Crippen molar-refractivity contribution < 1.29 is 8.42 Å². The SMILES string of the molecule is CN(C)S(=O)(=O)N1CCCC1(C)CN. The third-order valence-electron chi connectivity index (χ3n) is 2.86. The zero-order valence-electron chi connectivity index (χ0n) is 9.02. The van der Waals surface area contributed by atoms with E-state index in [4.69, 9.17) is 5.73 Å². The Bertz CT molecular complexity index is 302. The zero-order valence-corrected chi connectivity index (χ0v) is 9.84. The summed E-state index contributed by atoms with van der Waals surface area (Å²) in [7, 11) is -0.217. The predicted molar refractivity (Wildman–Crippen MR) is 56.0 cm³/mol. The molecule has 0 saturated carbocycles. The lowest BCUT2D eigenvalue weighted by atomic mass is 10.0. The van der Waals surface area contributed by atoms with Crippen LogP contribution in [0.25, 0.3) is 0 Å². The summed E-state index contributed by atoms with van der Waals surface area (Å²) >= 11 is 0. The van der Waals surface area contributed by atoms with Crippen LogP contribution in [0.15, 0.2) is 0 Å². The molecule has 1 rings (SSSR count). The van der Waals surface area contributed by atoms with E-state index in [1.165, 1.54) is 8.61 Å². The normalized spacial score (nSPS) is 30.1. The molecule has 1 unspecified atom stereocenters. The lowest BCUT2D eigenvalue weighted by molar-refractivity contribution is 0.259. The van der Waals surface area contributed by atoms with Gasteiger partial charge in [-0.3, -0.25) is 0 Å². The molecule has 0 aromatic rings. The Morgan fingerprint density at radius 1 is 1.50 bits per heavy atom. The molecule has 14 heavy (non-hydrogen) atoms. The molecule has 6 heteroatoms. The second kappa shape index (κ2) is 3.77. The summed E-state index contributed by atoms with van der Waals surface area (Å²) in [5, 5.41) is 0. The van der Waals surface area contributed by atoms with Gasteiger partial charge < -0.3 is 5.73 Å². The Morgan fingerprint density at radius 2 is 2.07 bits per heavy atom. The van der Waals surface area contributed by atoms with Crippen LogP contribution in [0, 0.1) is 0 Å². The van der Waals surface area contributed by atoms with Gasteiger partial charge >= 0.3 is 0 Å². The van der Waals surface area contributed by atoms with Crippen LogP contribution < -0.4 is 5.73 Å². The zero-order chi connectivity index (χ0) is 11.0. The van der Waals surface area contributed by atoms with Gasteiger partial charge in [-0.15, -0.1) is 0 Å². The van der Waals surface area contributed by atoms with Crippen LogP contribution in [0.1, 0.15) is 19.8 Å². The molecule has 0 radical (unpaired) electrons. The van der Waals surface area contributed by atoms with E-state index in [2.05, 4.69) is 0 Å². The molecule has 1 aliphatic heterocycles. The van der Waals surface area contributed by atoms with Crippen LogP contribution in [-0.2, 0) is 10.2 Å². The molecule has 0 amide bonds. The molecule has 84 valence electrons. The first-order valence-electron chi connectivity index (χ1n) is 4.75. The quantitative estimate of drug-likeness (QED) is 0.705. The van der Waals surface area contributed by atoms with Crippen molar-refractivity contribution in [1.82, 2.24) is 8.61 Å². The highest BCUT2D eigenvalue weighted by Gasteiger charge is 2.43. The third kappa shape index (κ3) is 1.79. The van der Waals surface area contributed by atoms with Gasteiger partial charge in [0, 0.05) is 32.7 Å². The summed E-state index contributed by atoms with van der Waals surface area (Å²) in [6, 6.07) is 0. The Kier molecular flexibility index (Phi) is 3.20. The minimum Gasteiger partial charge on any atom is -0.329 e. The first-order valence-corrected chi connectivity index (χ1v) is 6.15. The molecule has 0 aliphatic carbocycles. The molecule has 0 spiro atoms. The van der Waals surface area contributed by atoms with E-state index in [0.717, 1.165) is 12.8 Å². The maximum Gasteiger partial charge on any atom is 0.282 e. The largest absolute Gasteiger partial charge is 0.329 e. The predicted octanol–water partition coefficient (Wildman–Crippen LogP) is -0.394. The summed E-state index contributed by atoms with van der Waals surface area (Å²) in [5.74, 6) is 0. The Labute approximate surface area is 86.0 Å². The van der Waals surface area contributed by atoms with Gasteiger partial charge in [0.2, 0.25) is 0 Å². The first-order chi connectivity index (χ1) is 6.34. The second-order valence-corrected chi connectivity index (χ2v) is 6.23. The molecule has 0 aromatic carbocycles. The molecular weight excluding hydrogens is 202 g/mol. The highest BCUT2D eigenvalue weighted by atomic mass is 32.2. The van der Waals surface area contributed by atoms with Gasteiger partial charge in [-0.2, -0.15) is 17.0 Å². The summed E-state index contributed by atoms with van der Waals surface area (Å²) in [6.07, 6.45) is 1.73. The molecule has 1 fully saturated rings. The van der Waals surface area contributed by atoms with Crippen LogP contribution in [0.5, 0.6) is 0 Å². The Morgan fingerprint density at radius 3 is 2.50 bits per heavy atom. The van der Waals surface area contributed by atoms with Crippen LogP contribution in [0.4, 0.5) is 0 Å². The Balaban J connectivity index is 2.99. The first kappa shape index (κ1) is 11.9. The minimum absolute atomic E-state index is 0.375. The van der Waals surface area contributed by atoms with E-state index in [0.29, 0.717) is 13.1 Å². The van der Waals surface area contributed by atoms with E-state index in [1.54, 1.807) is 14.1 Å². The fourth-order valence-corrected chi connectivity index (χ4v) is 3.27. The molecule has 1 saturated heterocycles. The van der Waals surface area contributed by atoms with Gasteiger partial charge in [-0.25, -0.2) is 0 Å². The van der Waals surface area contributed by atoms with Crippen molar-refractivity contribution in [2.45, 2.75) is 25.3 Å². The maximum atomic E-state index is 11.9. The topological polar surface area (TPSA) is 66.6 Å². The van der Waals surface area contributed by atoms with Crippen molar-refractivity contribution in [1.29, 1.82) is 0 Å². The number of nitrogens with zero attached hydrogens (tertiary/aromatic N) is 2.